The minimum absolute atomic E-state index is 0.0457. The number of carbonyl (C=O) groups excluding carboxylic acids is 2. The van der Waals surface area contributed by atoms with Crippen LogP contribution < -0.4 is 5.32 Å². The van der Waals surface area contributed by atoms with Gasteiger partial charge in [-0.2, -0.15) is 0 Å². The first-order valence-electron chi connectivity index (χ1n) is 4.92. The normalized spacial score (nSPS) is 11.6. The Kier molecular flexibility index (Phi) is 5.18. The second-order valence-corrected chi connectivity index (χ2v) is 3.88. The Morgan fingerprint density at radius 2 is 2.28 bits per heavy atom. The number of carboxylic acids is 1. The van der Waals surface area contributed by atoms with Gasteiger partial charge in [0, 0.05) is 11.8 Å². The molecule has 1 heterocycles. The van der Waals surface area contributed by atoms with E-state index in [-0.39, 0.29) is 18.5 Å². The number of hydrogen-bond donors (Lipinski definition) is 2. The highest BCUT2D eigenvalue weighted by Crippen LogP contribution is 2.03. The van der Waals surface area contributed by atoms with Gasteiger partial charge in [-0.3, -0.25) is 9.59 Å². The molecule has 0 spiro atoms. The zero-order valence-electron chi connectivity index (χ0n) is 9.45. The van der Waals surface area contributed by atoms with Crippen LogP contribution in [0.15, 0.2) is 5.38 Å². The van der Waals surface area contributed by atoms with Crippen molar-refractivity contribution in [1.29, 1.82) is 0 Å². The van der Waals surface area contributed by atoms with E-state index in [1.54, 1.807) is 0 Å². The summed E-state index contributed by atoms with van der Waals surface area (Å²) in [6, 6.07) is -1.17. The number of esters is 1. The molecule has 9 heteroatoms. The van der Waals surface area contributed by atoms with Crippen LogP contribution in [0.5, 0.6) is 0 Å². The molecule has 0 fully saturated rings. The molecule has 8 nitrogen and oxygen atoms in total. The van der Waals surface area contributed by atoms with Crippen LogP contribution in [0.2, 0.25) is 0 Å². The molecular weight excluding hydrogens is 262 g/mol. The Bertz CT molecular complexity index is 433. The molecule has 0 bridgehead atoms. The fourth-order valence-electron chi connectivity index (χ4n) is 1.12. The van der Waals surface area contributed by atoms with Gasteiger partial charge in [-0.15, -0.1) is 5.10 Å². The van der Waals surface area contributed by atoms with Crippen molar-refractivity contribution < 1.29 is 24.2 Å². The molecular formula is C9H11N3O5S. The van der Waals surface area contributed by atoms with Crippen molar-refractivity contribution in [1.82, 2.24) is 14.9 Å². The fraction of sp³-hybridized carbons (Fsp3) is 0.444. The molecule has 0 unspecified atom stereocenters. The number of hydrogen-bond acceptors (Lipinski definition) is 7. The van der Waals surface area contributed by atoms with E-state index in [0.717, 1.165) is 11.5 Å². The zero-order chi connectivity index (χ0) is 13.5. The minimum atomic E-state index is -1.23. The lowest BCUT2D eigenvalue weighted by atomic mass is 10.1. The SMILES string of the molecule is COC(=O)CC[C@@H](NC(=O)c1csnn1)C(=O)O. The number of carbonyl (C=O) groups is 3. The zero-order valence-corrected chi connectivity index (χ0v) is 10.3. The highest BCUT2D eigenvalue weighted by atomic mass is 32.1. The van der Waals surface area contributed by atoms with Crippen LogP contribution in [0.3, 0.4) is 0 Å². The molecule has 0 aliphatic rings. The Hall–Kier alpha value is -2.03. The summed E-state index contributed by atoms with van der Waals surface area (Å²) in [5.74, 6) is -2.40. The van der Waals surface area contributed by atoms with Crippen molar-refractivity contribution in [2.45, 2.75) is 18.9 Å². The van der Waals surface area contributed by atoms with E-state index in [2.05, 4.69) is 19.6 Å². The van der Waals surface area contributed by atoms with Crippen LogP contribution in [0.1, 0.15) is 23.3 Å². The van der Waals surface area contributed by atoms with Crippen LogP contribution in [0.25, 0.3) is 0 Å². The molecule has 1 aromatic rings. The molecule has 0 aliphatic carbocycles. The Morgan fingerprint density at radius 1 is 1.56 bits per heavy atom. The highest BCUT2D eigenvalue weighted by Gasteiger charge is 2.22. The molecule has 0 saturated carbocycles. The summed E-state index contributed by atoms with van der Waals surface area (Å²) in [7, 11) is 1.21. The molecule has 1 atom stereocenters. The van der Waals surface area contributed by atoms with E-state index >= 15 is 0 Å². The lowest BCUT2D eigenvalue weighted by Gasteiger charge is -2.12. The third-order valence-corrected chi connectivity index (χ3v) is 2.57. The smallest absolute Gasteiger partial charge is 0.326 e. The first-order valence-corrected chi connectivity index (χ1v) is 5.75. The first-order chi connectivity index (χ1) is 8.54. The second kappa shape index (κ2) is 6.64. The van der Waals surface area contributed by atoms with Gasteiger partial charge in [0.1, 0.15) is 6.04 Å². The molecule has 18 heavy (non-hydrogen) atoms. The molecule has 0 radical (unpaired) electrons. The Labute approximate surface area is 106 Å². The minimum Gasteiger partial charge on any atom is -0.480 e. The van der Waals surface area contributed by atoms with Gasteiger partial charge < -0.3 is 15.2 Å². The van der Waals surface area contributed by atoms with Crippen LogP contribution in [0.4, 0.5) is 0 Å². The van der Waals surface area contributed by atoms with Gasteiger partial charge in [0.05, 0.1) is 7.11 Å². The lowest BCUT2D eigenvalue weighted by Crippen LogP contribution is -2.41. The summed E-state index contributed by atoms with van der Waals surface area (Å²) in [5.41, 5.74) is 0.0457. The fourth-order valence-corrected chi connectivity index (χ4v) is 1.55. The van der Waals surface area contributed by atoms with E-state index in [4.69, 9.17) is 5.11 Å². The number of rotatable bonds is 6. The van der Waals surface area contributed by atoms with Crippen molar-refractivity contribution in [2.24, 2.45) is 0 Å². The first kappa shape index (κ1) is 14.0. The van der Waals surface area contributed by atoms with Gasteiger partial charge in [-0.25, -0.2) is 4.79 Å². The van der Waals surface area contributed by atoms with Crippen molar-refractivity contribution in [2.75, 3.05) is 7.11 Å². The van der Waals surface area contributed by atoms with E-state index in [0.29, 0.717) is 0 Å². The number of nitrogens with one attached hydrogen (secondary N) is 1. The molecule has 2 N–H and O–H groups in total. The van der Waals surface area contributed by atoms with E-state index in [9.17, 15) is 14.4 Å². The van der Waals surface area contributed by atoms with Crippen LogP contribution in [0, 0.1) is 0 Å². The average molecular weight is 273 g/mol. The lowest BCUT2D eigenvalue weighted by molar-refractivity contribution is -0.142. The number of methoxy groups -OCH3 is 1. The van der Waals surface area contributed by atoms with Gasteiger partial charge in [0.2, 0.25) is 0 Å². The van der Waals surface area contributed by atoms with Gasteiger partial charge in [0.25, 0.3) is 5.91 Å². The Balaban J connectivity index is 2.55. The number of aliphatic carboxylic acids is 1. The topological polar surface area (TPSA) is 118 Å². The largest absolute Gasteiger partial charge is 0.480 e. The van der Waals surface area contributed by atoms with Crippen LogP contribution in [-0.2, 0) is 14.3 Å². The van der Waals surface area contributed by atoms with E-state index < -0.39 is 23.9 Å². The quantitative estimate of drug-likeness (QED) is 0.681. The summed E-state index contributed by atoms with van der Waals surface area (Å²) in [5, 5.41) is 16.1. The summed E-state index contributed by atoms with van der Waals surface area (Å²) < 4.78 is 7.88. The molecule has 0 aromatic carbocycles. The highest BCUT2D eigenvalue weighted by molar-refractivity contribution is 7.03. The molecule has 1 rings (SSSR count). The predicted octanol–water partition coefficient (Wildman–Crippen LogP) is -0.326. The van der Waals surface area contributed by atoms with Gasteiger partial charge in [-0.1, -0.05) is 4.49 Å². The summed E-state index contributed by atoms with van der Waals surface area (Å²) in [6.45, 7) is 0. The monoisotopic (exact) mass is 273 g/mol. The van der Waals surface area contributed by atoms with Crippen LogP contribution in [-0.4, -0.2) is 45.7 Å². The van der Waals surface area contributed by atoms with Crippen molar-refractivity contribution in [3.63, 3.8) is 0 Å². The standard InChI is InChI=1S/C9H11N3O5S/c1-17-7(13)3-2-5(9(15)16)10-8(14)6-4-18-12-11-6/h4-5H,2-3H2,1H3,(H,10,14)(H,15,16)/t5-/m1/s1. The number of aromatic nitrogens is 2. The van der Waals surface area contributed by atoms with Crippen LogP contribution >= 0.6 is 11.5 Å². The molecule has 1 amide bonds. The van der Waals surface area contributed by atoms with Crippen molar-refractivity contribution in [3.05, 3.63) is 11.1 Å². The molecule has 1 aromatic heterocycles. The van der Waals surface area contributed by atoms with E-state index in [1.165, 1.54) is 12.5 Å². The third-order valence-electron chi connectivity index (χ3n) is 2.06. The number of nitrogens with zero attached hydrogens (tertiary/aromatic N) is 2. The summed E-state index contributed by atoms with van der Waals surface area (Å²) >= 11 is 0.982. The van der Waals surface area contributed by atoms with E-state index in [1.807, 2.05) is 0 Å². The molecule has 0 aliphatic heterocycles. The van der Waals surface area contributed by atoms with Gasteiger partial charge >= 0.3 is 11.9 Å². The third kappa shape index (κ3) is 4.09. The second-order valence-electron chi connectivity index (χ2n) is 3.27. The van der Waals surface area contributed by atoms with Crippen molar-refractivity contribution >= 4 is 29.4 Å². The molecule has 98 valence electrons. The van der Waals surface area contributed by atoms with Crippen molar-refractivity contribution in [3.8, 4) is 0 Å². The maximum absolute atomic E-state index is 11.5. The maximum atomic E-state index is 11.5. The average Bonchev–Trinajstić information content (AvgIpc) is 2.87. The summed E-state index contributed by atoms with van der Waals surface area (Å²) in [6.07, 6.45) is -0.144. The number of amides is 1. The Morgan fingerprint density at radius 3 is 2.78 bits per heavy atom. The van der Waals surface area contributed by atoms with Gasteiger partial charge in [-0.05, 0) is 18.0 Å². The van der Waals surface area contributed by atoms with Gasteiger partial charge in [0.15, 0.2) is 5.69 Å². The predicted molar refractivity (Wildman–Crippen MR) is 60.0 cm³/mol. The number of ether oxygens (including phenoxy) is 1. The number of carboxylic acid groups (broad SMARTS) is 1. The molecule has 0 saturated heterocycles. The summed E-state index contributed by atoms with van der Waals surface area (Å²) in [4.78, 5) is 33.4. The maximum Gasteiger partial charge on any atom is 0.326 e.